The van der Waals surface area contributed by atoms with Crippen molar-refractivity contribution in [2.45, 2.75) is 19.6 Å². The molecule has 0 fully saturated rings. The van der Waals surface area contributed by atoms with E-state index in [2.05, 4.69) is 0 Å². The van der Waals surface area contributed by atoms with Crippen LogP contribution in [0.15, 0.2) is 117 Å². The summed E-state index contributed by atoms with van der Waals surface area (Å²) in [4.78, 5) is 0.411. The van der Waals surface area contributed by atoms with Gasteiger partial charge in [0.25, 0.3) is 0 Å². The lowest BCUT2D eigenvalue weighted by atomic mass is 10.3. The van der Waals surface area contributed by atoms with Crippen LogP contribution in [-0.4, -0.2) is 16.8 Å². The zero-order valence-corrected chi connectivity index (χ0v) is 18.9. The summed E-state index contributed by atoms with van der Waals surface area (Å²) >= 11 is 0. The molecule has 0 atom stereocenters. The van der Waals surface area contributed by atoms with Crippen LogP contribution in [0.25, 0.3) is 0 Å². The number of ether oxygens (including phenoxy) is 1. The van der Waals surface area contributed by atoms with Gasteiger partial charge in [-0.2, -0.15) is 0 Å². The molecule has 4 aromatic rings. The zero-order chi connectivity index (χ0) is 23.6. The molecule has 0 bridgehead atoms. The van der Waals surface area contributed by atoms with Crippen LogP contribution in [0, 0.1) is 0 Å². The van der Waals surface area contributed by atoms with Crippen molar-refractivity contribution in [1.29, 1.82) is 0 Å². The fraction of sp³-hybridized carbons (Fsp3) is 0. The summed E-state index contributed by atoms with van der Waals surface area (Å²) in [6.07, 6.45) is 0. The molecule has 4 N–H and O–H groups in total. The van der Waals surface area contributed by atoms with Crippen LogP contribution in [0.1, 0.15) is 0 Å². The first-order chi connectivity index (χ1) is 15.7. The minimum absolute atomic E-state index is 0.101. The van der Waals surface area contributed by atoms with Crippen LogP contribution in [0.5, 0.6) is 11.5 Å². The van der Waals surface area contributed by atoms with Crippen molar-refractivity contribution in [2.24, 2.45) is 0 Å². The highest BCUT2D eigenvalue weighted by molar-refractivity contribution is 7.91. The van der Waals surface area contributed by atoms with Crippen molar-refractivity contribution in [3.8, 4) is 11.5 Å². The average molecular weight is 481 g/mol. The number of sulfone groups is 2. The minimum Gasteiger partial charge on any atom is -0.457 e. The second-order valence-corrected chi connectivity index (χ2v) is 11.1. The molecule has 0 spiro atoms. The predicted molar refractivity (Wildman–Crippen MR) is 126 cm³/mol. The highest BCUT2D eigenvalue weighted by atomic mass is 32.2. The van der Waals surface area contributed by atoms with Crippen LogP contribution >= 0.6 is 0 Å². The molecule has 0 unspecified atom stereocenters. The topological polar surface area (TPSA) is 130 Å². The number of benzene rings is 4. The Morgan fingerprint density at radius 2 is 0.848 bits per heavy atom. The third kappa shape index (κ3) is 4.69. The smallest absolute Gasteiger partial charge is 0.206 e. The maximum atomic E-state index is 12.8. The number of hydrogen-bond acceptors (Lipinski definition) is 7. The van der Waals surface area contributed by atoms with Gasteiger partial charge < -0.3 is 16.2 Å². The lowest BCUT2D eigenvalue weighted by Crippen LogP contribution is -2.03. The van der Waals surface area contributed by atoms with Crippen molar-refractivity contribution in [3.63, 3.8) is 0 Å². The fourth-order valence-electron chi connectivity index (χ4n) is 3.15. The van der Waals surface area contributed by atoms with Gasteiger partial charge in [-0.15, -0.1) is 0 Å². The zero-order valence-electron chi connectivity index (χ0n) is 17.3. The van der Waals surface area contributed by atoms with E-state index < -0.39 is 19.7 Å². The van der Waals surface area contributed by atoms with E-state index in [9.17, 15) is 16.8 Å². The maximum Gasteiger partial charge on any atom is 0.206 e. The SMILES string of the molecule is Nc1cccc(S(=O)(=O)c2ccc(Oc3ccc(S(=O)(=O)c4cccc(N)c4)cc3)cc2)c1. The molecule has 9 heteroatoms. The predicted octanol–water partition coefficient (Wildman–Crippen LogP) is 4.31. The first-order valence-corrected chi connectivity index (χ1v) is 12.7. The Kier molecular flexibility index (Phi) is 5.84. The third-order valence-corrected chi connectivity index (χ3v) is 8.38. The lowest BCUT2D eigenvalue weighted by molar-refractivity contribution is 0.481. The largest absolute Gasteiger partial charge is 0.457 e. The van der Waals surface area contributed by atoms with Crippen molar-refractivity contribution < 1.29 is 21.6 Å². The molecule has 0 saturated carbocycles. The first-order valence-electron chi connectivity index (χ1n) is 9.75. The normalized spacial score (nSPS) is 11.8. The number of nitrogen functional groups attached to an aromatic ring is 2. The molecule has 0 saturated heterocycles. The molecule has 0 aliphatic carbocycles. The highest BCUT2D eigenvalue weighted by Crippen LogP contribution is 2.29. The molecule has 4 aromatic carbocycles. The van der Waals surface area contributed by atoms with Crippen molar-refractivity contribution in [1.82, 2.24) is 0 Å². The van der Waals surface area contributed by atoms with E-state index in [0.29, 0.717) is 22.9 Å². The van der Waals surface area contributed by atoms with E-state index in [1.807, 2.05) is 0 Å². The Labute approximate surface area is 192 Å². The van der Waals surface area contributed by atoms with Crippen molar-refractivity contribution in [3.05, 3.63) is 97.1 Å². The third-order valence-electron chi connectivity index (χ3n) is 4.84. The quantitative estimate of drug-likeness (QED) is 0.393. The number of anilines is 2. The molecule has 168 valence electrons. The summed E-state index contributed by atoms with van der Waals surface area (Å²) in [6.45, 7) is 0. The van der Waals surface area contributed by atoms with Gasteiger partial charge in [0.05, 0.1) is 19.6 Å². The van der Waals surface area contributed by atoms with Crippen molar-refractivity contribution in [2.75, 3.05) is 11.5 Å². The standard InChI is InChI=1S/C24H20N2O5S2/c25-17-3-1-5-23(15-17)32(27,28)21-11-7-19(8-12-21)31-20-9-13-22(14-10-20)33(29,30)24-6-2-4-18(26)16-24/h1-16H,25-26H2. The molecule has 0 radical (unpaired) electrons. The van der Waals surface area contributed by atoms with E-state index in [1.54, 1.807) is 24.3 Å². The molecule has 0 heterocycles. The molecular weight excluding hydrogens is 460 g/mol. The first kappa shape index (κ1) is 22.4. The molecule has 7 nitrogen and oxygen atoms in total. The van der Waals surface area contributed by atoms with Crippen LogP contribution in [0.3, 0.4) is 0 Å². The molecule has 0 amide bonds. The van der Waals surface area contributed by atoms with E-state index in [-0.39, 0.29) is 19.6 Å². The van der Waals surface area contributed by atoms with Gasteiger partial charge in [0, 0.05) is 11.4 Å². The van der Waals surface area contributed by atoms with Gasteiger partial charge in [-0.25, -0.2) is 16.8 Å². The summed E-state index contributed by atoms with van der Waals surface area (Å²) in [5.41, 5.74) is 12.1. The summed E-state index contributed by atoms with van der Waals surface area (Å²) < 4.78 is 56.8. The highest BCUT2D eigenvalue weighted by Gasteiger charge is 2.19. The van der Waals surface area contributed by atoms with E-state index >= 15 is 0 Å². The molecule has 33 heavy (non-hydrogen) atoms. The van der Waals surface area contributed by atoms with E-state index in [0.717, 1.165) is 0 Å². The number of nitrogens with two attached hydrogens (primary N) is 2. The minimum atomic E-state index is -3.71. The van der Waals surface area contributed by atoms with Crippen molar-refractivity contribution >= 4 is 31.0 Å². The summed E-state index contributed by atoms with van der Waals surface area (Å²) in [6, 6.07) is 24.0. The van der Waals surface area contributed by atoms with Gasteiger partial charge in [0.1, 0.15) is 11.5 Å². The Morgan fingerprint density at radius 3 is 1.18 bits per heavy atom. The Bertz CT molecular complexity index is 1400. The van der Waals surface area contributed by atoms with Crippen LogP contribution < -0.4 is 16.2 Å². The monoisotopic (exact) mass is 480 g/mol. The van der Waals surface area contributed by atoms with E-state index in [4.69, 9.17) is 16.2 Å². The molecule has 0 aliphatic heterocycles. The average Bonchev–Trinajstić information content (AvgIpc) is 2.80. The molecule has 0 aromatic heterocycles. The Morgan fingerprint density at radius 1 is 0.485 bits per heavy atom. The fourth-order valence-corrected chi connectivity index (χ4v) is 5.78. The second kappa shape index (κ2) is 8.61. The summed E-state index contributed by atoms with van der Waals surface area (Å²) in [5.74, 6) is 0.793. The van der Waals surface area contributed by atoms with Crippen LogP contribution in [-0.2, 0) is 19.7 Å². The van der Waals surface area contributed by atoms with Crippen LogP contribution in [0.2, 0.25) is 0 Å². The second-order valence-electron chi connectivity index (χ2n) is 7.20. The number of rotatable bonds is 6. The Balaban J connectivity index is 1.52. The maximum absolute atomic E-state index is 12.8. The van der Waals surface area contributed by atoms with Crippen LogP contribution in [0.4, 0.5) is 11.4 Å². The Hall–Kier alpha value is -3.82. The van der Waals surface area contributed by atoms with Gasteiger partial charge in [0.2, 0.25) is 19.7 Å². The van der Waals surface area contributed by atoms with Gasteiger partial charge in [-0.1, -0.05) is 12.1 Å². The van der Waals surface area contributed by atoms with Gasteiger partial charge >= 0.3 is 0 Å². The van der Waals surface area contributed by atoms with Gasteiger partial charge in [-0.05, 0) is 84.9 Å². The molecule has 4 rings (SSSR count). The lowest BCUT2D eigenvalue weighted by Gasteiger charge is -2.10. The molecular formula is C24H20N2O5S2. The summed E-state index contributed by atoms with van der Waals surface area (Å²) in [5, 5.41) is 0. The van der Waals surface area contributed by atoms with Gasteiger partial charge in [0.15, 0.2) is 0 Å². The van der Waals surface area contributed by atoms with Gasteiger partial charge in [-0.3, -0.25) is 0 Å². The van der Waals surface area contributed by atoms with E-state index in [1.165, 1.54) is 72.8 Å². The molecule has 0 aliphatic rings. The number of hydrogen-bond donors (Lipinski definition) is 2. The summed E-state index contributed by atoms with van der Waals surface area (Å²) in [7, 11) is -7.43.